The van der Waals surface area contributed by atoms with Crippen molar-refractivity contribution in [2.24, 2.45) is 5.92 Å². The zero-order valence-corrected chi connectivity index (χ0v) is 10.9. The van der Waals surface area contributed by atoms with E-state index in [1.54, 1.807) is 0 Å². The van der Waals surface area contributed by atoms with Gasteiger partial charge in [0, 0.05) is 23.3 Å². The molecule has 2 atom stereocenters. The first-order valence-corrected chi connectivity index (χ1v) is 6.95. The zero-order valence-electron chi connectivity index (χ0n) is 10.9. The van der Waals surface area contributed by atoms with Gasteiger partial charge in [-0.15, -0.1) is 0 Å². The van der Waals surface area contributed by atoms with Crippen molar-refractivity contribution in [3.63, 3.8) is 0 Å². The number of rotatable bonds is 2. The van der Waals surface area contributed by atoms with Crippen molar-refractivity contribution < 1.29 is 0 Å². The van der Waals surface area contributed by atoms with Gasteiger partial charge >= 0.3 is 0 Å². The molecule has 1 aliphatic carbocycles. The third kappa shape index (κ3) is 2.20. The van der Waals surface area contributed by atoms with Crippen molar-refractivity contribution in [1.82, 2.24) is 4.98 Å². The van der Waals surface area contributed by atoms with Gasteiger partial charge in [-0.3, -0.25) is 4.98 Å². The number of hydrogen-bond acceptors (Lipinski definition) is 2. The fourth-order valence-corrected chi connectivity index (χ4v) is 2.95. The highest BCUT2D eigenvalue weighted by molar-refractivity contribution is 5.90. The van der Waals surface area contributed by atoms with Crippen LogP contribution in [0.25, 0.3) is 10.9 Å². The Labute approximate surface area is 108 Å². The molecule has 1 heterocycles. The number of benzene rings is 1. The molecule has 1 aliphatic rings. The van der Waals surface area contributed by atoms with E-state index in [1.807, 2.05) is 12.3 Å². The summed E-state index contributed by atoms with van der Waals surface area (Å²) in [6, 6.07) is 11.1. The summed E-state index contributed by atoms with van der Waals surface area (Å²) in [6.07, 6.45) is 7.28. The van der Waals surface area contributed by atoms with Gasteiger partial charge in [0.2, 0.25) is 0 Å². The van der Waals surface area contributed by atoms with Crippen LogP contribution in [0, 0.1) is 5.92 Å². The molecule has 94 valence electrons. The number of para-hydroxylation sites is 1. The Bertz CT molecular complexity index is 530. The molecule has 1 fully saturated rings. The van der Waals surface area contributed by atoms with Crippen molar-refractivity contribution in [1.29, 1.82) is 0 Å². The molecule has 3 rings (SSSR count). The molecule has 0 amide bonds. The van der Waals surface area contributed by atoms with Crippen molar-refractivity contribution in [3.8, 4) is 0 Å². The molecule has 1 N–H and O–H groups in total. The summed E-state index contributed by atoms with van der Waals surface area (Å²) in [5.41, 5.74) is 2.31. The van der Waals surface area contributed by atoms with Crippen LogP contribution in [0.15, 0.2) is 36.5 Å². The Kier molecular flexibility index (Phi) is 3.18. The minimum Gasteiger partial charge on any atom is -0.381 e. The topological polar surface area (TPSA) is 24.9 Å². The van der Waals surface area contributed by atoms with E-state index in [2.05, 4.69) is 41.5 Å². The summed E-state index contributed by atoms with van der Waals surface area (Å²) in [7, 11) is 0. The molecule has 18 heavy (non-hydrogen) atoms. The van der Waals surface area contributed by atoms with E-state index in [0.29, 0.717) is 6.04 Å². The summed E-state index contributed by atoms with van der Waals surface area (Å²) in [5, 5.41) is 4.97. The number of pyridine rings is 1. The lowest BCUT2D eigenvalue weighted by molar-refractivity contribution is 0.350. The van der Waals surface area contributed by atoms with Gasteiger partial charge in [-0.25, -0.2) is 0 Å². The molecule has 2 heteroatoms. The molecule has 0 radical (unpaired) electrons. The van der Waals surface area contributed by atoms with Gasteiger partial charge < -0.3 is 5.32 Å². The lowest BCUT2D eigenvalue weighted by Crippen LogP contribution is -2.30. The lowest BCUT2D eigenvalue weighted by Gasteiger charge is -2.30. The van der Waals surface area contributed by atoms with Crippen LogP contribution in [0.1, 0.15) is 32.6 Å². The minimum atomic E-state index is 0.615. The zero-order chi connectivity index (χ0) is 12.4. The maximum Gasteiger partial charge on any atom is 0.0722 e. The Hall–Kier alpha value is -1.57. The van der Waals surface area contributed by atoms with E-state index in [1.165, 1.54) is 36.8 Å². The molecule has 2 unspecified atom stereocenters. The number of anilines is 1. The molecule has 1 aromatic carbocycles. The first-order chi connectivity index (χ1) is 8.84. The third-order valence-electron chi connectivity index (χ3n) is 4.10. The molecule has 0 bridgehead atoms. The van der Waals surface area contributed by atoms with Crippen LogP contribution in [0.2, 0.25) is 0 Å². The van der Waals surface area contributed by atoms with E-state index in [0.717, 1.165) is 11.4 Å². The molecule has 0 aliphatic heterocycles. The van der Waals surface area contributed by atoms with Gasteiger partial charge in [-0.2, -0.15) is 0 Å². The lowest BCUT2D eigenvalue weighted by atomic mass is 9.86. The number of nitrogens with one attached hydrogen (secondary N) is 1. The highest BCUT2D eigenvalue weighted by Crippen LogP contribution is 2.29. The van der Waals surface area contributed by atoms with E-state index in [4.69, 9.17) is 0 Å². The van der Waals surface area contributed by atoms with Crippen LogP contribution in [-0.4, -0.2) is 11.0 Å². The predicted molar refractivity (Wildman–Crippen MR) is 76.8 cm³/mol. The van der Waals surface area contributed by atoms with Crippen molar-refractivity contribution in [3.05, 3.63) is 36.5 Å². The van der Waals surface area contributed by atoms with Crippen LogP contribution < -0.4 is 5.32 Å². The molecule has 1 aromatic heterocycles. The predicted octanol–water partition coefficient (Wildman–Crippen LogP) is 4.23. The Morgan fingerprint density at radius 2 is 1.94 bits per heavy atom. The molecule has 2 nitrogen and oxygen atoms in total. The number of aromatic nitrogens is 1. The van der Waals surface area contributed by atoms with E-state index in [9.17, 15) is 0 Å². The Morgan fingerprint density at radius 3 is 2.83 bits per heavy atom. The van der Waals surface area contributed by atoms with Crippen LogP contribution >= 0.6 is 0 Å². The molecule has 0 spiro atoms. The standard InChI is InChI=1S/C16H20N2/c1-12-6-2-4-8-14(12)18-16-10-11-17-15-9-5-3-7-13(15)16/h3,5,7,9-12,14H,2,4,6,8H2,1H3,(H,17,18). The van der Waals surface area contributed by atoms with E-state index in [-0.39, 0.29) is 0 Å². The Morgan fingerprint density at radius 1 is 1.11 bits per heavy atom. The molecule has 1 saturated carbocycles. The second kappa shape index (κ2) is 4.97. The van der Waals surface area contributed by atoms with Crippen molar-refractivity contribution >= 4 is 16.6 Å². The number of nitrogens with zero attached hydrogens (tertiary/aromatic N) is 1. The largest absolute Gasteiger partial charge is 0.381 e. The van der Waals surface area contributed by atoms with Gasteiger partial charge in [0.25, 0.3) is 0 Å². The van der Waals surface area contributed by atoms with Crippen LogP contribution in [0.4, 0.5) is 5.69 Å². The van der Waals surface area contributed by atoms with Crippen LogP contribution in [-0.2, 0) is 0 Å². The highest BCUT2D eigenvalue weighted by Gasteiger charge is 2.21. The maximum absolute atomic E-state index is 4.41. The summed E-state index contributed by atoms with van der Waals surface area (Å²) >= 11 is 0. The molecular weight excluding hydrogens is 220 g/mol. The quantitative estimate of drug-likeness (QED) is 0.850. The number of fused-ring (bicyclic) bond motifs is 1. The fraction of sp³-hybridized carbons (Fsp3) is 0.438. The van der Waals surface area contributed by atoms with Gasteiger partial charge in [0.05, 0.1) is 5.52 Å². The second-order valence-corrected chi connectivity index (χ2v) is 5.39. The van der Waals surface area contributed by atoms with E-state index < -0.39 is 0 Å². The summed E-state index contributed by atoms with van der Waals surface area (Å²) < 4.78 is 0. The first-order valence-electron chi connectivity index (χ1n) is 6.95. The monoisotopic (exact) mass is 240 g/mol. The Balaban J connectivity index is 1.90. The smallest absolute Gasteiger partial charge is 0.0722 e. The maximum atomic E-state index is 4.41. The normalized spacial score (nSPS) is 24.1. The third-order valence-corrected chi connectivity index (χ3v) is 4.10. The fourth-order valence-electron chi connectivity index (χ4n) is 2.95. The van der Waals surface area contributed by atoms with Crippen LogP contribution in [0.5, 0.6) is 0 Å². The van der Waals surface area contributed by atoms with Gasteiger partial charge in [-0.05, 0) is 30.9 Å². The van der Waals surface area contributed by atoms with Crippen LogP contribution in [0.3, 0.4) is 0 Å². The van der Waals surface area contributed by atoms with Gasteiger partial charge in [0.15, 0.2) is 0 Å². The van der Waals surface area contributed by atoms with Gasteiger partial charge in [-0.1, -0.05) is 38.0 Å². The average Bonchev–Trinajstić information content (AvgIpc) is 2.42. The number of hydrogen-bond donors (Lipinski definition) is 1. The highest BCUT2D eigenvalue weighted by atomic mass is 14.9. The SMILES string of the molecule is CC1CCCCC1Nc1ccnc2ccccc12. The van der Waals surface area contributed by atoms with Crippen molar-refractivity contribution in [2.45, 2.75) is 38.6 Å². The van der Waals surface area contributed by atoms with Gasteiger partial charge in [0.1, 0.15) is 0 Å². The first kappa shape index (κ1) is 11.5. The second-order valence-electron chi connectivity index (χ2n) is 5.39. The minimum absolute atomic E-state index is 0.615. The van der Waals surface area contributed by atoms with Crippen molar-refractivity contribution in [2.75, 3.05) is 5.32 Å². The summed E-state index contributed by atoms with van der Waals surface area (Å²) in [6.45, 7) is 2.36. The molecule has 0 saturated heterocycles. The summed E-state index contributed by atoms with van der Waals surface area (Å²) in [5.74, 6) is 0.769. The average molecular weight is 240 g/mol. The molecular formula is C16H20N2. The molecule has 2 aromatic rings. The summed E-state index contributed by atoms with van der Waals surface area (Å²) in [4.78, 5) is 4.41. The van der Waals surface area contributed by atoms with E-state index >= 15 is 0 Å².